The number of piperidine rings is 1. The highest BCUT2D eigenvalue weighted by molar-refractivity contribution is 5.94. The molecule has 1 saturated heterocycles. The van der Waals surface area contributed by atoms with Gasteiger partial charge in [0.25, 0.3) is 5.91 Å². The van der Waals surface area contributed by atoms with Crippen molar-refractivity contribution in [3.05, 3.63) is 35.4 Å². The van der Waals surface area contributed by atoms with Crippen molar-refractivity contribution >= 4 is 5.91 Å². The van der Waals surface area contributed by atoms with Crippen LogP contribution in [0.1, 0.15) is 28.8 Å². The molecule has 1 unspecified atom stereocenters. The Morgan fingerprint density at radius 1 is 1.56 bits per heavy atom. The first-order valence-electron chi connectivity index (χ1n) is 6.20. The first-order valence-corrected chi connectivity index (χ1v) is 6.20. The maximum absolute atomic E-state index is 12.3. The minimum atomic E-state index is -0.0131. The van der Waals surface area contributed by atoms with E-state index in [0.29, 0.717) is 11.1 Å². The van der Waals surface area contributed by atoms with Crippen LogP contribution in [-0.4, -0.2) is 37.0 Å². The largest absolute Gasteiger partial charge is 0.337 e. The van der Waals surface area contributed by atoms with Gasteiger partial charge in [-0.1, -0.05) is 6.07 Å². The van der Waals surface area contributed by atoms with Gasteiger partial charge in [-0.3, -0.25) is 4.79 Å². The molecule has 1 aromatic carbocycles. The molecular weight excluding hydrogens is 226 g/mol. The Labute approximate surface area is 107 Å². The molecular formula is C14H17N3O. The molecule has 4 heteroatoms. The Morgan fingerprint density at radius 3 is 3.06 bits per heavy atom. The highest BCUT2D eigenvalue weighted by Gasteiger charge is 2.22. The molecule has 1 N–H and O–H groups in total. The molecule has 1 fully saturated rings. The molecule has 1 aliphatic rings. The van der Waals surface area contributed by atoms with Gasteiger partial charge in [0, 0.05) is 25.2 Å². The fourth-order valence-electron chi connectivity index (χ4n) is 2.26. The highest BCUT2D eigenvalue weighted by Crippen LogP contribution is 2.13. The number of carbonyl (C=O) groups excluding carboxylic acids is 1. The van der Waals surface area contributed by atoms with Crippen molar-refractivity contribution in [3.8, 4) is 6.07 Å². The van der Waals surface area contributed by atoms with Crippen LogP contribution in [0.15, 0.2) is 24.3 Å². The molecule has 0 aromatic heterocycles. The van der Waals surface area contributed by atoms with Crippen LogP contribution in [0.25, 0.3) is 0 Å². The van der Waals surface area contributed by atoms with Gasteiger partial charge < -0.3 is 10.2 Å². The maximum Gasteiger partial charge on any atom is 0.253 e. The normalized spacial score (nSPS) is 19.0. The standard InChI is InChI=1S/C14H17N3O/c1-17(13-6-3-7-16-10-13)14(18)12-5-2-4-11(8-12)9-15/h2,4-5,8,13,16H,3,6-7,10H2,1H3. The average molecular weight is 243 g/mol. The van der Waals surface area contributed by atoms with E-state index in [4.69, 9.17) is 5.26 Å². The van der Waals surface area contributed by atoms with Crippen molar-refractivity contribution in [2.24, 2.45) is 0 Å². The number of likely N-dealkylation sites (N-methyl/N-ethyl adjacent to an activating group) is 1. The van der Waals surface area contributed by atoms with Gasteiger partial charge in [-0.05, 0) is 37.6 Å². The van der Waals surface area contributed by atoms with Crippen LogP contribution in [0.2, 0.25) is 0 Å². The summed E-state index contributed by atoms with van der Waals surface area (Å²) in [6.07, 6.45) is 2.13. The van der Waals surface area contributed by atoms with E-state index in [-0.39, 0.29) is 11.9 Å². The topological polar surface area (TPSA) is 56.1 Å². The Balaban J connectivity index is 2.12. The van der Waals surface area contributed by atoms with Gasteiger partial charge in [0.05, 0.1) is 11.6 Å². The third kappa shape index (κ3) is 2.69. The van der Waals surface area contributed by atoms with Gasteiger partial charge >= 0.3 is 0 Å². The molecule has 0 radical (unpaired) electrons. The molecule has 1 amide bonds. The van der Waals surface area contributed by atoms with E-state index in [1.807, 2.05) is 7.05 Å². The number of hydrogen-bond donors (Lipinski definition) is 1. The van der Waals surface area contributed by atoms with Crippen molar-refractivity contribution in [2.75, 3.05) is 20.1 Å². The summed E-state index contributed by atoms with van der Waals surface area (Å²) >= 11 is 0. The molecule has 1 aliphatic heterocycles. The summed E-state index contributed by atoms with van der Waals surface area (Å²) in [4.78, 5) is 14.1. The predicted octanol–water partition coefficient (Wildman–Crippen LogP) is 1.38. The van der Waals surface area contributed by atoms with Crippen molar-refractivity contribution in [1.29, 1.82) is 5.26 Å². The lowest BCUT2D eigenvalue weighted by Crippen LogP contribution is -2.46. The molecule has 94 valence electrons. The fourth-order valence-corrected chi connectivity index (χ4v) is 2.26. The summed E-state index contributed by atoms with van der Waals surface area (Å²) in [5.74, 6) is -0.0131. The predicted molar refractivity (Wildman–Crippen MR) is 69.1 cm³/mol. The number of rotatable bonds is 2. The first kappa shape index (κ1) is 12.6. The summed E-state index contributed by atoms with van der Waals surface area (Å²) in [6.45, 7) is 1.88. The number of benzene rings is 1. The third-order valence-electron chi connectivity index (χ3n) is 3.38. The van der Waals surface area contributed by atoms with Crippen LogP contribution in [0.5, 0.6) is 0 Å². The SMILES string of the molecule is CN(C(=O)c1cccc(C#N)c1)C1CCCNC1. The Bertz CT molecular complexity index is 472. The van der Waals surface area contributed by atoms with Gasteiger partial charge in [0.2, 0.25) is 0 Å². The summed E-state index contributed by atoms with van der Waals surface area (Å²) in [5.41, 5.74) is 1.11. The van der Waals surface area contributed by atoms with Crippen LogP contribution in [-0.2, 0) is 0 Å². The van der Waals surface area contributed by atoms with Crippen molar-refractivity contribution in [3.63, 3.8) is 0 Å². The van der Waals surface area contributed by atoms with Crippen LogP contribution in [0.3, 0.4) is 0 Å². The van der Waals surface area contributed by atoms with Crippen LogP contribution in [0.4, 0.5) is 0 Å². The van der Waals surface area contributed by atoms with Crippen molar-refractivity contribution in [2.45, 2.75) is 18.9 Å². The molecule has 0 spiro atoms. The van der Waals surface area contributed by atoms with E-state index in [0.717, 1.165) is 25.9 Å². The van der Waals surface area contributed by atoms with Crippen molar-refractivity contribution < 1.29 is 4.79 Å². The smallest absolute Gasteiger partial charge is 0.253 e. The number of nitriles is 1. The Hall–Kier alpha value is -1.86. The van der Waals surface area contributed by atoms with Crippen LogP contribution in [0, 0.1) is 11.3 Å². The third-order valence-corrected chi connectivity index (χ3v) is 3.38. The van der Waals surface area contributed by atoms with Gasteiger partial charge in [0.15, 0.2) is 0 Å². The minimum absolute atomic E-state index is 0.0131. The number of nitrogens with zero attached hydrogens (tertiary/aromatic N) is 2. The van der Waals surface area contributed by atoms with E-state index in [1.165, 1.54) is 0 Å². The molecule has 0 saturated carbocycles. The second-order valence-electron chi connectivity index (χ2n) is 4.61. The number of carbonyl (C=O) groups is 1. The lowest BCUT2D eigenvalue weighted by atomic mass is 10.0. The molecule has 1 atom stereocenters. The molecule has 2 rings (SSSR count). The maximum atomic E-state index is 12.3. The van der Waals surface area contributed by atoms with E-state index in [2.05, 4.69) is 11.4 Å². The number of hydrogen-bond acceptors (Lipinski definition) is 3. The van der Waals surface area contributed by atoms with Gasteiger partial charge in [-0.25, -0.2) is 0 Å². The summed E-state index contributed by atoms with van der Waals surface area (Å²) < 4.78 is 0. The van der Waals surface area contributed by atoms with Gasteiger partial charge in [-0.2, -0.15) is 5.26 Å². The van der Waals surface area contributed by atoms with E-state index < -0.39 is 0 Å². The molecule has 18 heavy (non-hydrogen) atoms. The van der Waals surface area contributed by atoms with Gasteiger partial charge in [-0.15, -0.1) is 0 Å². The molecule has 0 bridgehead atoms. The zero-order valence-corrected chi connectivity index (χ0v) is 10.5. The highest BCUT2D eigenvalue weighted by atomic mass is 16.2. The molecule has 1 heterocycles. The minimum Gasteiger partial charge on any atom is -0.337 e. The second-order valence-corrected chi connectivity index (χ2v) is 4.61. The summed E-state index contributed by atoms with van der Waals surface area (Å²) in [6, 6.07) is 9.17. The lowest BCUT2D eigenvalue weighted by molar-refractivity contribution is 0.0708. The zero-order chi connectivity index (χ0) is 13.0. The average Bonchev–Trinajstić information content (AvgIpc) is 2.46. The van der Waals surface area contributed by atoms with E-state index in [9.17, 15) is 4.79 Å². The zero-order valence-electron chi connectivity index (χ0n) is 10.5. The second kappa shape index (κ2) is 5.65. The summed E-state index contributed by atoms with van der Waals surface area (Å²) in [5, 5.41) is 12.1. The van der Waals surface area contributed by atoms with E-state index in [1.54, 1.807) is 29.2 Å². The monoisotopic (exact) mass is 243 g/mol. The quantitative estimate of drug-likeness (QED) is 0.853. The number of nitrogens with one attached hydrogen (secondary N) is 1. The van der Waals surface area contributed by atoms with Crippen LogP contribution < -0.4 is 5.32 Å². The number of amides is 1. The molecule has 4 nitrogen and oxygen atoms in total. The first-order chi connectivity index (χ1) is 8.72. The van der Waals surface area contributed by atoms with Crippen molar-refractivity contribution in [1.82, 2.24) is 10.2 Å². The van der Waals surface area contributed by atoms with Crippen LogP contribution >= 0.6 is 0 Å². The fraction of sp³-hybridized carbons (Fsp3) is 0.429. The summed E-state index contributed by atoms with van der Waals surface area (Å²) in [7, 11) is 1.83. The van der Waals surface area contributed by atoms with E-state index >= 15 is 0 Å². The molecule has 1 aromatic rings. The Morgan fingerprint density at radius 2 is 2.39 bits per heavy atom. The lowest BCUT2D eigenvalue weighted by Gasteiger charge is -2.31. The molecule has 0 aliphatic carbocycles. The Kier molecular flexibility index (Phi) is 3.96. The van der Waals surface area contributed by atoms with Gasteiger partial charge in [0.1, 0.15) is 0 Å².